The topological polar surface area (TPSA) is 69.3 Å². The number of carbonyl (C=O) groups excluding carboxylic acids is 1. The first-order valence-electron chi connectivity index (χ1n) is 6.45. The maximum Gasteiger partial charge on any atom is 0.268 e. The molecule has 0 saturated heterocycles. The summed E-state index contributed by atoms with van der Waals surface area (Å²) in [6.07, 6.45) is 5.01. The molecule has 2 atom stereocenters. The minimum Gasteiger partial charge on any atom is -0.397 e. The van der Waals surface area contributed by atoms with E-state index in [1.807, 2.05) is 11.5 Å². The van der Waals surface area contributed by atoms with E-state index in [0.29, 0.717) is 11.4 Å². The Morgan fingerprint density at radius 2 is 2.39 bits per heavy atom. The van der Waals surface area contributed by atoms with E-state index in [0.717, 1.165) is 25.8 Å². The number of nitrogens with two attached hydrogens (primary N) is 1. The molecule has 1 fully saturated rings. The molecule has 0 aliphatic heterocycles. The van der Waals surface area contributed by atoms with Crippen LogP contribution in [0.2, 0.25) is 0 Å². The van der Waals surface area contributed by atoms with E-state index in [2.05, 4.69) is 5.32 Å². The minimum absolute atomic E-state index is 0.0671. The van der Waals surface area contributed by atoms with Gasteiger partial charge in [0.15, 0.2) is 0 Å². The van der Waals surface area contributed by atoms with Gasteiger partial charge in [-0.05, 0) is 32.3 Å². The second-order valence-corrected chi connectivity index (χ2v) is 4.73. The van der Waals surface area contributed by atoms with Gasteiger partial charge < -0.3 is 20.4 Å². The smallest absolute Gasteiger partial charge is 0.268 e. The van der Waals surface area contributed by atoms with Crippen LogP contribution in [0.25, 0.3) is 0 Å². The number of nitrogens with one attached hydrogen (secondary N) is 1. The molecule has 2 unspecified atom stereocenters. The van der Waals surface area contributed by atoms with Gasteiger partial charge in [0.1, 0.15) is 5.69 Å². The zero-order chi connectivity index (χ0) is 13.1. The molecule has 5 heteroatoms. The first-order valence-corrected chi connectivity index (χ1v) is 6.45. The van der Waals surface area contributed by atoms with Crippen LogP contribution in [0.4, 0.5) is 5.69 Å². The highest BCUT2D eigenvalue weighted by Crippen LogP contribution is 2.22. The van der Waals surface area contributed by atoms with Gasteiger partial charge in [-0.25, -0.2) is 0 Å². The van der Waals surface area contributed by atoms with E-state index < -0.39 is 0 Å². The van der Waals surface area contributed by atoms with Crippen molar-refractivity contribution in [2.75, 3.05) is 12.8 Å². The van der Waals surface area contributed by atoms with Crippen molar-refractivity contribution in [1.29, 1.82) is 0 Å². The fourth-order valence-corrected chi connectivity index (χ4v) is 2.60. The van der Waals surface area contributed by atoms with Crippen LogP contribution in [0.3, 0.4) is 0 Å². The first kappa shape index (κ1) is 13.0. The van der Waals surface area contributed by atoms with Crippen LogP contribution in [0, 0.1) is 0 Å². The molecule has 1 aromatic rings. The van der Waals surface area contributed by atoms with Crippen LogP contribution < -0.4 is 11.1 Å². The molecule has 0 aromatic carbocycles. The molecule has 0 bridgehead atoms. The standard InChI is InChI=1S/C13H21N3O2/c1-3-16-8-9(14)7-11(16)13(17)15-10-5-4-6-12(10)18-2/h7-8,10,12H,3-6,14H2,1-2H3,(H,15,17). The van der Waals surface area contributed by atoms with E-state index in [9.17, 15) is 4.79 Å². The second-order valence-electron chi connectivity index (χ2n) is 4.73. The maximum absolute atomic E-state index is 12.2. The molecule has 5 nitrogen and oxygen atoms in total. The Labute approximate surface area is 107 Å². The summed E-state index contributed by atoms with van der Waals surface area (Å²) in [4.78, 5) is 12.2. The number of nitrogens with zero attached hydrogens (tertiary/aromatic N) is 1. The Hall–Kier alpha value is -1.49. The van der Waals surface area contributed by atoms with Gasteiger partial charge in [0.25, 0.3) is 5.91 Å². The summed E-state index contributed by atoms with van der Waals surface area (Å²) in [7, 11) is 1.70. The lowest BCUT2D eigenvalue weighted by Gasteiger charge is -2.19. The van der Waals surface area contributed by atoms with Crippen LogP contribution in [0.1, 0.15) is 36.7 Å². The molecule has 1 saturated carbocycles. The van der Waals surface area contributed by atoms with E-state index in [-0.39, 0.29) is 18.1 Å². The molecular weight excluding hydrogens is 230 g/mol. The number of hydrogen-bond acceptors (Lipinski definition) is 3. The number of amides is 1. The molecule has 0 radical (unpaired) electrons. The molecule has 1 aliphatic rings. The van der Waals surface area contributed by atoms with Crippen molar-refractivity contribution in [1.82, 2.24) is 9.88 Å². The summed E-state index contributed by atoms with van der Waals surface area (Å²) < 4.78 is 7.24. The summed E-state index contributed by atoms with van der Waals surface area (Å²) in [6, 6.07) is 1.83. The highest BCUT2D eigenvalue weighted by atomic mass is 16.5. The van der Waals surface area contributed by atoms with Crippen LogP contribution in [0.15, 0.2) is 12.3 Å². The molecule has 0 spiro atoms. The lowest BCUT2D eigenvalue weighted by atomic mass is 10.2. The quantitative estimate of drug-likeness (QED) is 0.849. The van der Waals surface area contributed by atoms with Gasteiger partial charge >= 0.3 is 0 Å². The largest absolute Gasteiger partial charge is 0.397 e. The molecule has 1 aromatic heterocycles. The summed E-state index contributed by atoms with van der Waals surface area (Å²) in [5.41, 5.74) is 6.97. The average Bonchev–Trinajstić information content (AvgIpc) is 2.94. The number of nitrogen functional groups attached to an aromatic ring is 1. The zero-order valence-electron chi connectivity index (χ0n) is 11.0. The fourth-order valence-electron chi connectivity index (χ4n) is 2.60. The highest BCUT2D eigenvalue weighted by Gasteiger charge is 2.29. The van der Waals surface area contributed by atoms with Crippen LogP contribution in [-0.4, -0.2) is 29.7 Å². The SMILES string of the molecule is CCn1cc(N)cc1C(=O)NC1CCCC1OC. The average molecular weight is 251 g/mol. The first-order chi connectivity index (χ1) is 8.65. The Kier molecular flexibility index (Phi) is 3.91. The van der Waals surface area contributed by atoms with Crippen molar-refractivity contribution in [3.63, 3.8) is 0 Å². The minimum atomic E-state index is -0.0671. The fraction of sp³-hybridized carbons (Fsp3) is 0.615. The van der Waals surface area contributed by atoms with Crippen molar-refractivity contribution < 1.29 is 9.53 Å². The van der Waals surface area contributed by atoms with Crippen LogP contribution in [0.5, 0.6) is 0 Å². The van der Waals surface area contributed by atoms with Crippen molar-refractivity contribution in [2.45, 2.75) is 44.9 Å². The number of ether oxygens (including phenoxy) is 1. The number of carbonyl (C=O) groups is 1. The van der Waals surface area contributed by atoms with E-state index in [1.54, 1.807) is 19.4 Å². The molecule has 100 valence electrons. The zero-order valence-corrected chi connectivity index (χ0v) is 11.0. The summed E-state index contributed by atoms with van der Waals surface area (Å²) in [6.45, 7) is 2.72. The molecule has 1 amide bonds. The number of hydrogen-bond donors (Lipinski definition) is 2. The Balaban J connectivity index is 2.07. The Bertz CT molecular complexity index is 428. The maximum atomic E-state index is 12.2. The number of anilines is 1. The third kappa shape index (κ3) is 2.51. The lowest BCUT2D eigenvalue weighted by Crippen LogP contribution is -2.41. The van der Waals surface area contributed by atoms with Crippen LogP contribution >= 0.6 is 0 Å². The molecular formula is C13H21N3O2. The van der Waals surface area contributed by atoms with Gasteiger partial charge in [0.2, 0.25) is 0 Å². The van der Waals surface area contributed by atoms with Crippen molar-refractivity contribution in [3.8, 4) is 0 Å². The van der Waals surface area contributed by atoms with Gasteiger partial charge in [-0.1, -0.05) is 0 Å². The number of aromatic nitrogens is 1. The van der Waals surface area contributed by atoms with Gasteiger partial charge in [-0.3, -0.25) is 4.79 Å². The highest BCUT2D eigenvalue weighted by molar-refractivity contribution is 5.94. The third-order valence-corrected chi connectivity index (χ3v) is 3.56. The van der Waals surface area contributed by atoms with Crippen molar-refractivity contribution in [3.05, 3.63) is 18.0 Å². The molecule has 1 heterocycles. The van der Waals surface area contributed by atoms with Gasteiger partial charge in [0, 0.05) is 19.9 Å². The van der Waals surface area contributed by atoms with Gasteiger partial charge in [-0.2, -0.15) is 0 Å². The van der Waals surface area contributed by atoms with Crippen molar-refractivity contribution >= 4 is 11.6 Å². The van der Waals surface area contributed by atoms with Gasteiger partial charge in [-0.15, -0.1) is 0 Å². The predicted molar refractivity (Wildman–Crippen MR) is 70.4 cm³/mol. The molecule has 3 N–H and O–H groups in total. The molecule has 18 heavy (non-hydrogen) atoms. The summed E-state index contributed by atoms with van der Waals surface area (Å²) in [5.74, 6) is -0.0671. The summed E-state index contributed by atoms with van der Waals surface area (Å²) >= 11 is 0. The van der Waals surface area contributed by atoms with Gasteiger partial charge in [0.05, 0.1) is 17.8 Å². The van der Waals surface area contributed by atoms with E-state index >= 15 is 0 Å². The van der Waals surface area contributed by atoms with Crippen molar-refractivity contribution in [2.24, 2.45) is 0 Å². The third-order valence-electron chi connectivity index (χ3n) is 3.56. The van der Waals surface area contributed by atoms with Crippen LogP contribution in [-0.2, 0) is 11.3 Å². The Morgan fingerprint density at radius 1 is 1.61 bits per heavy atom. The van der Waals surface area contributed by atoms with E-state index in [1.165, 1.54) is 0 Å². The number of rotatable bonds is 4. The lowest BCUT2D eigenvalue weighted by molar-refractivity contribution is 0.0717. The summed E-state index contributed by atoms with van der Waals surface area (Å²) in [5, 5.41) is 3.04. The molecule has 1 aliphatic carbocycles. The number of aryl methyl sites for hydroxylation is 1. The predicted octanol–water partition coefficient (Wildman–Crippen LogP) is 1.39. The number of methoxy groups -OCH3 is 1. The molecule has 2 rings (SSSR count). The normalized spacial score (nSPS) is 23.2. The second kappa shape index (κ2) is 5.44. The Morgan fingerprint density at radius 3 is 3.06 bits per heavy atom. The monoisotopic (exact) mass is 251 g/mol. The van der Waals surface area contributed by atoms with E-state index in [4.69, 9.17) is 10.5 Å².